The van der Waals surface area contributed by atoms with E-state index in [2.05, 4.69) is 0 Å². The number of carbonyl (C=O) groups excluding carboxylic acids is 1. The average molecular weight is 374 g/mol. The van der Waals surface area contributed by atoms with E-state index in [-0.39, 0.29) is 19.0 Å². The molecule has 0 saturated heterocycles. The van der Waals surface area contributed by atoms with E-state index in [0.717, 1.165) is 29.5 Å². The molecular weight excluding hydrogens is 352 g/mol. The second-order valence-electron chi connectivity index (χ2n) is 6.30. The van der Waals surface area contributed by atoms with E-state index < -0.39 is 10.0 Å². The SMILES string of the molecule is COc1ccc(CN(CC(=O)N2CCc3ccccc32)S(C)(=O)=O)cc1. The first kappa shape index (κ1) is 18.4. The Labute approximate surface area is 154 Å². The number of methoxy groups -OCH3 is 1. The number of carbonyl (C=O) groups is 1. The van der Waals surface area contributed by atoms with Crippen LogP contribution >= 0.6 is 0 Å². The lowest BCUT2D eigenvalue weighted by atomic mass is 10.2. The zero-order valence-corrected chi connectivity index (χ0v) is 15.7. The number of para-hydroxylation sites is 1. The molecule has 1 amide bonds. The van der Waals surface area contributed by atoms with Crippen LogP contribution in [0.5, 0.6) is 5.75 Å². The van der Waals surface area contributed by atoms with Gasteiger partial charge in [0.25, 0.3) is 0 Å². The number of rotatable bonds is 6. The fraction of sp³-hybridized carbons (Fsp3) is 0.316. The van der Waals surface area contributed by atoms with Gasteiger partial charge in [0.05, 0.1) is 19.9 Å². The molecule has 0 radical (unpaired) electrons. The van der Waals surface area contributed by atoms with Crippen LogP contribution in [-0.4, -0.2) is 45.1 Å². The van der Waals surface area contributed by atoms with E-state index in [1.807, 2.05) is 24.3 Å². The summed E-state index contributed by atoms with van der Waals surface area (Å²) in [4.78, 5) is 14.4. The Balaban J connectivity index is 1.76. The van der Waals surface area contributed by atoms with Crippen molar-refractivity contribution >= 4 is 21.6 Å². The second kappa shape index (κ2) is 7.47. The molecule has 138 valence electrons. The van der Waals surface area contributed by atoms with Crippen LogP contribution < -0.4 is 9.64 Å². The topological polar surface area (TPSA) is 66.9 Å². The van der Waals surface area contributed by atoms with Crippen molar-refractivity contribution in [1.29, 1.82) is 0 Å². The minimum Gasteiger partial charge on any atom is -0.497 e. The number of anilines is 1. The third kappa shape index (κ3) is 4.05. The summed E-state index contributed by atoms with van der Waals surface area (Å²) in [5.41, 5.74) is 2.78. The molecule has 0 unspecified atom stereocenters. The molecule has 1 heterocycles. The molecule has 0 saturated carbocycles. The highest BCUT2D eigenvalue weighted by molar-refractivity contribution is 7.88. The van der Waals surface area contributed by atoms with Crippen molar-refractivity contribution in [2.24, 2.45) is 0 Å². The lowest BCUT2D eigenvalue weighted by Crippen LogP contribution is -2.41. The highest BCUT2D eigenvalue weighted by Gasteiger charge is 2.28. The van der Waals surface area contributed by atoms with E-state index in [0.29, 0.717) is 12.3 Å². The molecule has 0 spiro atoms. The Morgan fingerprint density at radius 3 is 2.50 bits per heavy atom. The number of hydrogen-bond donors (Lipinski definition) is 0. The van der Waals surface area contributed by atoms with Gasteiger partial charge in [0.2, 0.25) is 15.9 Å². The van der Waals surface area contributed by atoms with E-state index in [4.69, 9.17) is 4.74 Å². The molecule has 0 fully saturated rings. The van der Waals surface area contributed by atoms with Crippen LogP contribution in [-0.2, 0) is 27.8 Å². The highest BCUT2D eigenvalue weighted by Crippen LogP contribution is 2.27. The molecule has 7 heteroatoms. The Morgan fingerprint density at radius 1 is 1.15 bits per heavy atom. The standard InChI is InChI=1S/C19H22N2O4S/c1-25-17-9-7-15(8-10-17)13-20(26(2,23)24)14-19(22)21-12-11-16-5-3-4-6-18(16)21/h3-10H,11-14H2,1-2H3. The van der Waals surface area contributed by atoms with Gasteiger partial charge in [-0.2, -0.15) is 4.31 Å². The molecule has 6 nitrogen and oxygen atoms in total. The third-order valence-electron chi connectivity index (χ3n) is 4.49. The Bertz CT molecular complexity index is 894. The number of nitrogens with zero attached hydrogens (tertiary/aromatic N) is 2. The molecule has 3 rings (SSSR count). The summed E-state index contributed by atoms with van der Waals surface area (Å²) in [6, 6.07) is 14.9. The zero-order chi connectivity index (χ0) is 18.7. The molecule has 2 aromatic carbocycles. The largest absolute Gasteiger partial charge is 0.497 e. The van der Waals surface area contributed by atoms with Crippen molar-refractivity contribution in [3.05, 3.63) is 59.7 Å². The predicted octanol–water partition coefficient (Wildman–Crippen LogP) is 2.05. The van der Waals surface area contributed by atoms with E-state index in [9.17, 15) is 13.2 Å². The fourth-order valence-electron chi connectivity index (χ4n) is 3.06. The van der Waals surface area contributed by atoms with Gasteiger partial charge in [0, 0.05) is 18.8 Å². The minimum atomic E-state index is -3.53. The maximum Gasteiger partial charge on any atom is 0.242 e. The molecule has 1 aliphatic rings. The minimum absolute atomic E-state index is 0.143. The lowest BCUT2D eigenvalue weighted by Gasteiger charge is -2.24. The summed E-state index contributed by atoms with van der Waals surface area (Å²) in [6.07, 6.45) is 1.92. The van der Waals surface area contributed by atoms with Crippen LogP contribution in [0, 0.1) is 0 Å². The molecule has 0 bridgehead atoms. The van der Waals surface area contributed by atoms with Crippen molar-refractivity contribution < 1.29 is 17.9 Å². The monoisotopic (exact) mass is 374 g/mol. The van der Waals surface area contributed by atoms with Gasteiger partial charge < -0.3 is 9.64 Å². The number of amides is 1. The predicted molar refractivity (Wildman–Crippen MR) is 101 cm³/mol. The van der Waals surface area contributed by atoms with Gasteiger partial charge in [0.1, 0.15) is 5.75 Å². The number of hydrogen-bond acceptors (Lipinski definition) is 4. The van der Waals surface area contributed by atoms with Crippen LogP contribution in [0.15, 0.2) is 48.5 Å². The summed E-state index contributed by atoms with van der Waals surface area (Å²) in [5.74, 6) is 0.485. The molecule has 0 atom stereocenters. The third-order valence-corrected chi connectivity index (χ3v) is 5.68. The van der Waals surface area contributed by atoms with Crippen LogP contribution in [0.1, 0.15) is 11.1 Å². The molecule has 1 aliphatic heterocycles. The van der Waals surface area contributed by atoms with Crippen molar-refractivity contribution in [2.75, 3.05) is 31.4 Å². The van der Waals surface area contributed by atoms with Crippen LogP contribution in [0.2, 0.25) is 0 Å². The van der Waals surface area contributed by atoms with Gasteiger partial charge in [-0.15, -0.1) is 0 Å². The summed E-state index contributed by atoms with van der Waals surface area (Å²) in [6.45, 7) is 0.543. The summed E-state index contributed by atoms with van der Waals surface area (Å²) in [5, 5.41) is 0. The number of fused-ring (bicyclic) bond motifs is 1. The Hall–Kier alpha value is -2.38. The normalized spacial score (nSPS) is 13.7. The van der Waals surface area contributed by atoms with E-state index >= 15 is 0 Å². The van der Waals surface area contributed by atoms with E-state index in [1.165, 1.54) is 4.31 Å². The number of ether oxygens (including phenoxy) is 1. The smallest absolute Gasteiger partial charge is 0.242 e. The van der Waals surface area contributed by atoms with Crippen molar-refractivity contribution in [3.63, 3.8) is 0 Å². The van der Waals surface area contributed by atoms with Gasteiger partial charge in [-0.25, -0.2) is 8.42 Å². The summed E-state index contributed by atoms with van der Waals surface area (Å²) >= 11 is 0. The summed E-state index contributed by atoms with van der Waals surface area (Å²) < 4.78 is 30.7. The van der Waals surface area contributed by atoms with E-state index in [1.54, 1.807) is 36.3 Å². The van der Waals surface area contributed by atoms with Gasteiger partial charge >= 0.3 is 0 Å². The van der Waals surface area contributed by atoms with Gasteiger partial charge in [-0.05, 0) is 35.7 Å². The quantitative estimate of drug-likeness (QED) is 0.776. The van der Waals surface area contributed by atoms with Crippen molar-refractivity contribution in [3.8, 4) is 5.75 Å². The first-order valence-corrected chi connectivity index (χ1v) is 10.2. The van der Waals surface area contributed by atoms with Gasteiger partial charge in [0.15, 0.2) is 0 Å². The summed E-state index contributed by atoms with van der Waals surface area (Å²) in [7, 11) is -1.95. The highest BCUT2D eigenvalue weighted by atomic mass is 32.2. The Morgan fingerprint density at radius 2 is 1.85 bits per heavy atom. The average Bonchev–Trinajstić information content (AvgIpc) is 3.05. The number of sulfonamides is 1. The molecular formula is C19H22N2O4S. The molecule has 26 heavy (non-hydrogen) atoms. The number of benzene rings is 2. The fourth-order valence-corrected chi connectivity index (χ4v) is 3.79. The second-order valence-corrected chi connectivity index (χ2v) is 8.29. The first-order chi connectivity index (χ1) is 12.4. The Kier molecular flexibility index (Phi) is 5.29. The van der Waals surface area contributed by atoms with Crippen LogP contribution in [0.3, 0.4) is 0 Å². The first-order valence-electron chi connectivity index (χ1n) is 8.35. The van der Waals surface area contributed by atoms with Gasteiger partial charge in [-0.1, -0.05) is 30.3 Å². The molecule has 0 N–H and O–H groups in total. The van der Waals surface area contributed by atoms with Gasteiger partial charge in [-0.3, -0.25) is 4.79 Å². The van der Waals surface area contributed by atoms with Crippen LogP contribution in [0.25, 0.3) is 0 Å². The molecule has 0 aliphatic carbocycles. The van der Waals surface area contributed by atoms with Crippen molar-refractivity contribution in [2.45, 2.75) is 13.0 Å². The maximum atomic E-state index is 12.8. The molecule has 2 aromatic rings. The van der Waals surface area contributed by atoms with Crippen LogP contribution in [0.4, 0.5) is 5.69 Å². The molecule has 0 aromatic heterocycles. The van der Waals surface area contributed by atoms with Crippen molar-refractivity contribution in [1.82, 2.24) is 4.31 Å². The lowest BCUT2D eigenvalue weighted by molar-refractivity contribution is -0.118. The zero-order valence-electron chi connectivity index (χ0n) is 14.9. The maximum absolute atomic E-state index is 12.8.